The fourth-order valence-corrected chi connectivity index (χ4v) is 1.43. The molecule has 0 bridgehead atoms. The van der Waals surface area contributed by atoms with Crippen molar-refractivity contribution in [2.45, 2.75) is 0 Å². The molecule has 3 aromatic carbocycles. The minimum absolute atomic E-state index is 1.07. The van der Waals surface area contributed by atoms with Crippen molar-refractivity contribution < 1.29 is 26.9 Å². The molecule has 0 radical (unpaired) electrons. The summed E-state index contributed by atoms with van der Waals surface area (Å²) >= 11 is -2.83. The van der Waals surface area contributed by atoms with Crippen LogP contribution in [0.2, 0.25) is 0 Å². The van der Waals surface area contributed by atoms with E-state index in [2.05, 4.69) is 20.8 Å². The second-order valence-corrected chi connectivity index (χ2v) is 4.98. The van der Waals surface area contributed by atoms with E-state index in [0.29, 0.717) is 0 Å². The molecule has 0 saturated carbocycles. The molecule has 0 nitrogen and oxygen atoms in total. The van der Waals surface area contributed by atoms with Gasteiger partial charge >= 0.3 is 26.9 Å². The zero-order chi connectivity index (χ0) is 18.0. The molecule has 0 atom stereocenters. The molecule has 3 aromatic rings. The second kappa shape index (κ2) is 15.8. The van der Waals surface area contributed by atoms with Crippen molar-refractivity contribution in [1.82, 2.24) is 0 Å². The molecule has 3 rings (SSSR count). The Balaban J connectivity index is 0.000000306. The molecular formula is C21H21F2Ta-3. The molecule has 0 aliphatic carbocycles. The van der Waals surface area contributed by atoms with E-state index in [1.54, 1.807) is 0 Å². The van der Waals surface area contributed by atoms with Crippen LogP contribution < -0.4 is 0 Å². The number of halogens is 2. The van der Waals surface area contributed by atoms with E-state index in [-0.39, 0.29) is 0 Å². The van der Waals surface area contributed by atoms with Gasteiger partial charge in [0.1, 0.15) is 0 Å². The monoisotopic (exact) mass is 492 g/mol. The Labute approximate surface area is 155 Å². The van der Waals surface area contributed by atoms with Gasteiger partial charge in [-0.05, 0) is 0 Å². The zero-order valence-corrected chi connectivity index (χ0v) is 16.7. The fourth-order valence-electron chi connectivity index (χ4n) is 1.43. The SMILES string of the molecule is [CH2-]c1ccccc1.[CH2-]c1ccccc1.[CH2-]c1ccccc1.[F][Ta][F]. The Morgan fingerprint density at radius 2 is 0.625 bits per heavy atom. The van der Waals surface area contributed by atoms with Gasteiger partial charge in [0, 0.05) is 0 Å². The third-order valence-corrected chi connectivity index (χ3v) is 2.53. The predicted octanol–water partition coefficient (Wildman–Crippen LogP) is 6.44. The average Bonchev–Trinajstić information content (AvgIpc) is 2.59. The standard InChI is InChI=1S/3C7H7.2FH.Ta/c3*1-7-5-3-2-4-6-7;;;/h3*2-6H,1H2;2*1H;/q3*-1;;;+2/p-2. The fraction of sp³-hybridized carbons (Fsp3) is 0. The summed E-state index contributed by atoms with van der Waals surface area (Å²) in [5.41, 5.74) is 3.22. The third-order valence-electron chi connectivity index (χ3n) is 2.53. The number of rotatable bonds is 0. The van der Waals surface area contributed by atoms with Gasteiger partial charge < -0.3 is 0 Å². The van der Waals surface area contributed by atoms with Crippen LogP contribution in [0.1, 0.15) is 16.7 Å². The number of benzene rings is 3. The summed E-state index contributed by atoms with van der Waals surface area (Å²) in [6.45, 7) is 11.2. The molecular weight excluding hydrogens is 471 g/mol. The molecule has 0 aliphatic rings. The summed E-state index contributed by atoms with van der Waals surface area (Å²) in [6.07, 6.45) is 0. The number of hydrogen-bond donors (Lipinski definition) is 0. The molecule has 127 valence electrons. The van der Waals surface area contributed by atoms with Crippen molar-refractivity contribution in [3.63, 3.8) is 0 Å². The zero-order valence-electron chi connectivity index (χ0n) is 13.5. The van der Waals surface area contributed by atoms with Crippen LogP contribution in [0.4, 0.5) is 6.05 Å². The second-order valence-electron chi connectivity index (χ2n) is 4.52. The summed E-state index contributed by atoms with van der Waals surface area (Å²) in [4.78, 5) is 0. The van der Waals surface area contributed by atoms with Crippen molar-refractivity contribution in [3.05, 3.63) is 128 Å². The first-order valence-electron chi connectivity index (χ1n) is 7.13. The van der Waals surface area contributed by atoms with E-state index < -0.39 is 20.8 Å². The predicted molar refractivity (Wildman–Crippen MR) is 94.9 cm³/mol. The van der Waals surface area contributed by atoms with Gasteiger partial charge in [-0.15, -0.1) is 36.4 Å². The first kappa shape index (κ1) is 21.9. The van der Waals surface area contributed by atoms with Gasteiger partial charge in [-0.1, -0.05) is 18.2 Å². The van der Waals surface area contributed by atoms with E-state index in [4.69, 9.17) is 0 Å². The van der Waals surface area contributed by atoms with Gasteiger partial charge in [-0.25, -0.2) is 0 Å². The molecule has 0 fully saturated rings. The summed E-state index contributed by atoms with van der Waals surface area (Å²) in [6, 6.07) is 29.6. The molecule has 0 unspecified atom stereocenters. The van der Waals surface area contributed by atoms with Crippen molar-refractivity contribution in [3.8, 4) is 0 Å². The molecule has 0 amide bonds. The summed E-state index contributed by atoms with van der Waals surface area (Å²) in [5.74, 6) is 0. The third kappa shape index (κ3) is 14.8. The van der Waals surface area contributed by atoms with Crippen LogP contribution in [0.3, 0.4) is 0 Å². The quantitative estimate of drug-likeness (QED) is 0.317. The van der Waals surface area contributed by atoms with E-state index in [0.717, 1.165) is 16.7 Å². The van der Waals surface area contributed by atoms with Crippen molar-refractivity contribution in [2.24, 2.45) is 0 Å². The van der Waals surface area contributed by atoms with Crippen LogP contribution in [-0.2, 0) is 20.8 Å². The van der Waals surface area contributed by atoms with Gasteiger partial charge in [0.15, 0.2) is 0 Å². The molecule has 3 heteroatoms. The minimum atomic E-state index is -2.83. The maximum absolute atomic E-state index is 9.81. The van der Waals surface area contributed by atoms with E-state index >= 15 is 0 Å². The van der Waals surface area contributed by atoms with Gasteiger partial charge in [-0.3, -0.25) is 0 Å². The molecule has 0 N–H and O–H groups in total. The van der Waals surface area contributed by atoms with Crippen LogP contribution in [0.15, 0.2) is 91.0 Å². The van der Waals surface area contributed by atoms with Crippen molar-refractivity contribution in [1.29, 1.82) is 0 Å². The van der Waals surface area contributed by atoms with Gasteiger partial charge in [0.2, 0.25) is 0 Å². The average molecular weight is 492 g/mol. The molecule has 0 spiro atoms. The van der Waals surface area contributed by atoms with E-state index in [1.807, 2.05) is 91.0 Å². The van der Waals surface area contributed by atoms with E-state index in [1.165, 1.54) is 0 Å². The van der Waals surface area contributed by atoms with Crippen LogP contribution in [0.5, 0.6) is 0 Å². The molecule has 0 aromatic heterocycles. The van der Waals surface area contributed by atoms with Crippen LogP contribution in [-0.4, -0.2) is 0 Å². The van der Waals surface area contributed by atoms with E-state index in [9.17, 15) is 6.05 Å². The molecule has 0 heterocycles. The van der Waals surface area contributed by atoms with Crippen molar-refractivity contribution >= 4 is 0 Å². The van der Waals surface area contributed by atoms with Gasteiger partial charge in [0.05, 0.1) is 0 Å². The van der Waals surface area contributed by atoms with Crippen LogP contribution >= 0.6 is 0 Å². The Hall–Kier alpha value is -2.13. The molecule has 0 saturated heterocycles. The maximum atomic E-state index is 9.81. The topological polar surface area (TPSA) is 0 Å². The Morgan fingerprint density at radius 1 is 0.458 bits per heavy atom. The van der Waals surface area contributed by atoms with Crippen molar-refractivity contribution in [2.75, 3.05) is 0 Å². The summed E-state index contributed by atoms with van der Waals surface area (Å²) in [5, 5.41) is 0. The Bertz CT molecular complexity index is 509. The molecule has 24 heavy (non-hydrogen) atoms. The first-order valence-corrected chi connectivity index (χ1v) is 9.56. The van der Waals surface area contributed by atoms with Crippen LogP contribution in [0, 0.1) is 20.8 Å². The first-order chi connectivity index (χ1) is 11.6. The molecule has 0 aliphatic heterocycles. The number of hydrogen-bond acceptors (Lipinski definition) is 0. The Kier molecular flexibility index (Phi) is 14.4. The Morgan fingerprint density at radius 3 is 0.708 bits per heavy atom. The van der Waals surface area contributed by atoms with Gasteiger partial charge in [0.25, 0.3) is 0 Å². The normalized spacial score (nSPS) is 8.08. The van der Waals surface area contributed by atoms with Gasteiger partial charge in [-0.2, -0.15) is 73.9 Å². The van der Waals surface area contributed by atoms with Crippen LogP contribution in [0.25, 0.3) is 0 Å². The summed E-state index contributed by atoms with van der Waals surface area (Å²) < 4.78 is 19.6. The summed E-state index contributed by atoms with van der Waals surface area (Å²) in [7, 11) is 0.